The number of rotatable bonds is 8. The summed E-state index contributed by atoms with van der Waals surface area (Å²) in [5, 5.41) is 3.02. The molecule has 2 amide bonds. The largest absolute Gasteiger partial charge is 0.484 e. The van der Waals surface area contributed by atoms with Crippen molar-refractivity contribution < 1.29 is 14.3 Å². The van der Waals surface area contributed by atoms with Crippen molar-refractivity contribution in [1.82, 2.24) is 10.2 Å². The maximum atomic E-state index is 13.3. The van der Waals surface area contributed by atoms with Gasteiger partial charge in [0.2, 0.25) is 5.91 Å². The number of ether oxygens (including phenoxy) is 1. The fourth-order valence-electron chi connectivity index (χ4n) is 3.62. The van der Waals surface area contributed by atoms with E-state index in [-0.39, 0.29) is 24.0 Å². The monoisotopic (exact) mass is 424 g/mol. The second-order valence-corrected chi connectivity index (χ2v) is 9.29. The number of hydrogen-bond acceptors (Lipinski definition) is 3. The number of nitrogens with zero attached hydrogens (tertiary/aromatic N) is 1. The minimum atomic E-state index is -0.574. The summed E-state index contributed by atoms with van der Waals surface area (Å²) >= 11 is 0. The van der Waals surface area contributed by atoms with Crippen LogP contribution in [-0.4, -0.2) is 34.9 Å². The van der Waals surface area contributed by atoms with Crippen LogP contribution in [0.4, 0.5) is 0 Å². The Kier molecular flexibility index (Phi) is 8.26. The normalized spacial score (nSPS) is 12.2. The Morgan fingerprint density at radius 2 is 1.65 bits per heavy atom. The van der Waals surface area contributed by atoms with Crippen LogP contribution in [0.15, 0.2) is 42.5 Å². The third-order valence-corrected chi connectivity index (χ3v) is 4.88. The average molecular weight is 425 g/mol. The van der Waals surface area contributed by atoms with Gasteiger partial charge in [-0.05, 0) is 76.8 Å². The summed E-state index contributed by atoms with van der Waals surface area (Å²) in [5.74, 6) is 0.299. The first-order valence-electron chi connectivity index (χ1n) is 10.9. The van der Waals surface area contributed by atoms with Crippen molar-refractivity contribution in [1.29, 1.82) is 0 Å². The zero-order chi connectivity index (χ0) is 23.2. The van der Waals surface area contributed by atoms with Gasteiger partial charge in [0.1, 0.15) is 11.8 Å². The smallest absolute Gasteiger partial charge is 0.261 e. The van der Waals surface area contributed by atoms with Gasteiger partial charge < -0.3 is 15.0 Å². The number of hydrogen-bond donors (Lipinski definition) is 1. The molecule has 5 heteroatoms. The van der Waals surface area contributed by atoms with E-state index in [2.05, 4.69) is 11.4 Å². The lowest BCUT2D eigenvalue weighted by atomic mass is 10.1. The van der Waals surface area contributed by atoms with Gasteiger partial charge in [-0.25, -0.2) is 0 Å². The molecule has 0 bridgehead atoms. The van der Waals surface area contributed by atoms with Crippen molar-refractivity contribution in [3.8, 4) is 5.75 Å². The van der Waals surface area contributed by atoms with Crippen molar-refractivity contribution in [3.05, 3.63) is 64.7 Å². The van der Waals surface area contributed by atoms with Gasteiger partial charge in [-0.15, -0.1) is 0 Å². The number of benzene rings is 2. The zero-order valence-electron chi connectivity index (χ0n) is 19.9. The molecule has 2 rings (SSSR count). The first-order chi connectivity index (χ1) is 14.5. The molecule has 168 valence electrons. The first-order valence-corrected chi connectivity index (χ1v) is 10.9. The van der Waals surface area contributed by atoms with Gasteiger partial charge in [0.05, 0.1) is 0 Å². The number of amides is 2. The molecular weight excluding hydrogens is 388 g/mol. The Morgan fingerprint density at radius 1 is 1.00 bits per heavy atom. The number of carbonyl (C=O) groups is 2. The molecule has 0 aliphatic rings. The quantitative estimate of drug-likeness (QED) is 0.667. The predicted octanol–water partition coefficient (Wildman–Crippen LogP) is 4.71. The molecule has 2 aromatic rings. The molecule has 5 nitrogen and oxygen atoms in total. The summed E-state index contributed by atoms with van der Waals surface area (Å²) in [4.78, 5) is 27.9. The highest BCUT2D eigenvalue weighted by Crippen LogP contribution is 2.18. The third kappa shape index (κ3) is 7.74. The van der Waals surface area contributed by atoms with Crippen molar-refractivity contribution in [3.63, 3.8) is 0 Å². The zero-order valence-corrected chi connectivity index (χ0v) is 19.9. The minimum Gasteiger partial charge on any atom is -0.484 e. The Bertz CT molecular complexity index is 895. The van der Waals surface area contributed by atoms with Crippen LogP contribution in [0.3, 0.4) is 0 Å². The van der Waals surface area contributed by atoms with Crippen LogP contribution in [-0.2, 0) is 16.1 Å². The van der Waals surface area contributed by atoms with Crippen LogP contribution in [0.25, 0.3) is 0 Å². The van der Waals surface area contributed by atoms with Gasteiger partial charge in [0.15, 0.2) is 6.61 Å². The lowest BCUT2D eigenvalue weighted by Gasteiger charge is -2.33. The summed E-state index contributed by atoms with van der Waals surface area (Å²) in [6.07, 6.45) is 0.517. The second kappa shape index (κ2) is 10.5. The molecule has 0 fully saturated rings. The van der Waals surface area contributed by atoms with Gasteiger partial charge in [-0.3, -0.25) is 9.59 Å². The lowest BCUT2D eigenvalue weighted by Crippen LogP contribution is -2.54. The molecule has 0 aliphatic heterocycles. The van der Waals surface area contributed by atoms with E-state index in [1.807, 2.05) is 84.9 Å². The highest BCUT2D eigenvalue weighted by molar-refractivity contribution is 5.88. The molecule has 0 aliphatic carbocycles. The Labute approximate surface area is 186 Å². The Balaban J connectivity index is 2.26. The SMILES string of the molecule is CC[C@H](C(=O)NC(C)(C)C)N(Cc1cccc(C)c1)C(=O)COc1cc(C)cc(C)c1. The van der Waals surface area contributed by atoms with Crippen molar-refractivity contribution >= 4 is 11.8 Å². The van der Waals surface area contributed by atoms with Crippen LogP contribution in [0, 0.1) is 20.8 Å². The van der Waals surface area contributed by atoms with Gasteiger partial charge >= 0.3 is 0 Å². The molecular formula is C26H36N2O3. The molecule has 0 spiro atoms. The molecule has 0 saturated heterocycles. The average Bonchev–Trinajstić information content (AvgIpc) is 2.64. The van der Waals surface area contributed by atoms with Crippen LogP contribution in [0.5, 0.6) is 5.75 Å². The fourth-order valence-corrected chi connectivity index (χ4v) is 3.62. The summed E-state index contributed by atoms with van der Waals surface area (Å²) in [7, 11) is 0. The Hall–Kier alpha value is -2.82. The number of nitrogens with one attached hydrogen (secondary N) is 1. The van der Waals surface area contributed by atoms with Gasteiger partial charge in [0, 0.05) is 12.1 Å². The third-order valence-electron chi connectivity index (χ3n) is 4.88. The number of aryl methyl sites for hydroxylation is 3. The van der Waals surface area contributed by atoms with E-state index in [0.717, 1.165) is 22.3 Å². The predicted molar refractivity (Wildman–Crippen MR) is 125 cm³/mol. The van der Waals surface area contributed by atoms with Crippen molar-refractivity contribution in [2.75, 3.05) is 6.61 Å². The topological polar surface area (TPSA) is 58.6 Å². The molecule has 0 radical (unpaired) electrons. The molecule has 0 unspecified atom stereocenters. The van der Waals surface area contributed by atoms with E-state index in [9.17, 15) is 9.59 Å². The highest BCUT2D eigenvalue weighted by atomic mass is 16.5. The summed E-state index contributed by atoms with van der Waals surface area (Å²) < 4.78 is 5.82. The standard InChI is InChI=1S/C26H36N2O3/c1-8-23(25(30)27-26(5,6)7)28(16-21-11-9-10-18(2)13-21)24(29)17-31-22-14-19(3)12-20(4)15-22/h9-15,23H,8,16-17H2,1-7H3,(H,27,30)/t23-/m1/s1. The maximum absolute atomic E-state index is 13.3. The van der Waals surface area contributed by atoms with E-state index < -0.39 is 6.04 Å². The molecule has 1 N–H and O–H groups in total. The van der Waals surface area contributed by atoms with Gasteiger partial charge in [-0.1, -0.05) is 42.8 Å². The van der Waals surface area contributed by atoms with Crippen molar-refractivity contribution in [2.24, 2.45) is 0 Å². The van der Waals surface area contributed by atoms with Crippen LogP contribution < -0.4 is 10.1 Å². The maximum Gasteiger partial charge on any atom is 0.261 e. The van der Waals surface area contributed by atoms with Crippen LogP contribution >= 0.6 is 0 Å². The van der Waals surface area contributed by atoms with Crippen molar-refractivity contribution in [2.45, 2.75) is 73.0 Å². The van der Waals surface area contributed by atoms with E-state index in [0.29, 0.717) is 18.7 Å². The molecule has 0 saturated carbocycles. The second-order valence-electron chi connectivity index (χ2n) is 9.29. The molecule has 1 atom stereocenters. The Morgan fingerprint density at radius 3 is 2.19 bits per heavy atom. The summed E-state index contributed by atoms with van der Waals surface area (Å²) in [6, 6.07) is 13.3. The van der Waals surface area contributed by atoms with Gasteiger partial charge in [0.25, 0.3) is 5.91 Å². The molecule has 2 aromatic carbocycles. The molecule has 0 heterocycles. The highest BCUT2D eigenvalue weighted by Gasteiger charge is 2.30. The lowest BCUT2D eigenvalue weighted by molar-refractivity contribution is -0.143. The first kappa shape index (κ1) is 24.4. The number of carbonyl (C=O) groups excluding carboxylic acids is 2. The van der Waals surface area contributed by atoms with E-state index in [4.69, 9.17) is 4.74 Å². The molecule has 0 aromatic heterocycles. The fraction of sp³-hybridized carbons (Fsp3) is 0.462. The molecule has 31 heavy (non-hydrogen) atoms. The van der Waals surface area contributed by atoms with E-state index >= 15 is 0 Å². The van der Waals surface area contributed by atoms with E-state index in [1.54, 1.807) is 4.90 Å². The van der Waals surface area contributed by atoms with Crippen LogP contribution in [0.2, 0.25) is 0 Å². The van der Waals surface area contributed by atoms with Crippen LogP contribution in [0.1, 0.15) is 56.4 Å². The summed E-state index contributed by atoms with van der Waals surface area (Å²) in [5.41, 5.74) is 3.88. The minimum absolute atomic E-state index is 0.117. The summed E-state index contributed by atoms with van der Waals surface area (Å²) in [6.45, 7) is 14.0. The van der Waals surface area contributed by atoms with E-state index in [1.165, 1.54) is 0 Å². The van der Waals surface area contributed by atoms with Gasteiger partial charge in [-0.2, -0.15) is 0 Å².